The lowest BCUT2D eigenvalue weighted by Gasteiger charge is -2.11. The Morgan fingerprint density at radius 3 is 2.56 bits per heavy atom. The molecule has 0 heterocycles. The predicted octanol–water partition coefficient (Wildman–Crippen LogP) is 3.99. The van der Waals surface area contributed by atoms with Crippen molar-refractivity contribution in [2.75, 3.05) is 6.61 Å². The molecule has 0 saturated carbocycles. The van der Waals surface area contributed by atoms with E-state index in [9.17, 15) is 13.6 Å². The summed E-state index contributed by atoms with van der Waals surface area (Å²) in [7, 11) is 0. The lowest BCUT2D eigenvalue weighted by Crippen LogP contribution is -2.01. The molecule has 1 aromatic rings. The standard InChI is InChI=1S/C11H11BrF2O2/c1-3-16-9-5-7(6(2)15)4-8(10(9)12)11(13)14/h4-5,11H,3H2,1-2H3. The molecule has 0 unspecified atom stereocenters. The Bertz CT molecular complexity index is 405. The van der Waals surface area contributed by atoms with Crippen LogP contribution in [0, 0.1) is 0 Å². The van der Waals surface area contributed by atoms with Crippen LogP contribution < -0.4 is 4.74 Å². The number of carbonyl (C=O) groups excluding carboxylic acids is 1. The topological polar surface area (TPSA) is 26.3 Å². The van der Waals surface area contributed by atoms with Crippen molar-refractivity contribution in [2.45, 2.75) is 20.3 Å². The number of benzene rings is 1. The van der Waals surface area contributed by atoms with Gasteiger partial charge in [0.25, 0.3) is 6.43 Å². The summed E-state index contributed by atoms with van der Waals surface area (Å²) in [6, 6.07) is 2.64. The maximum Gasteiger partial charge on any atom is 0.265 e. The first-order valence-corrected chi connectivity index (χ1v) is 5.52. The lowest BCUT2D eigenvalue weighted by molar-refractivity contribution is 0.101. The highest BCUT2D eigenvalue weighted by Crippen LogP contribution is 2.36. The zero-order chi connectivity index (χ0) is 12.3. The zero-order valence-corrected chi connectivity index (χ0v) is 10.5. The SMILES string of the molecule is CCOc1cc(C(C)=O)cc(C(F)F)c1Br. The van der Waals surface area contributed by atoms with Gasteiger partial charge in [0.15, 0.2) is 5.78 Å². The minimum atomic E-state index is -2.65. The summed E-state index contributed by atoms with van der Waals surface area (Å²) in [5, 5.41) is 0. The molecule has 0 fully saturated rings. The van der Waals surface area contributed by atoms with Gasteiger partial charge in [-0.25, -0.2) is 8.78 Å². The molecule has 0 saturated heterocycles. The summed E-state index contributed by atoms with van der Waals surface area (Å²) < 4.78 is 30.8. The molecule has 0 spiro atoms. The molecule has 0 aliphatic rings. The Balaban J connectivity index is 3.32. The van der Waals surface area contributed by atoms with Crippen LogP contribution >= 0.6 is 15.9 Å². The summed E-state index contributed by atoms with van der Waals surface area (Å²) in [5.41, 5.74) is -0.00176. The number of hydrogen-bond donors (Lipinski definition) is 0. The number of ketones is 1. The molecule has 0 aliphatic heterocycles. The minimum absolute atomic E-state index is 0.203. The van der Waals surface area contributed by atoms with Crippen LogP contribution in [-0.4, -0.2) is 12.4 Å². The van der Waals surface area contributed by atoms with Crippen LogP contribution in [0.3, 0.4) is 0 Å². The van der Waals surface area contributed by atoms with Gasteiger partial charge in [-0.05, 0) is 41.9 Å². The quantitative estimate of drug-likeness (QED) is 0.785. The summed E-state index contributed by atoms with van der Waals surface area (Å²) in [6.07, 6.45) is -2.65. The summed E-state index contributed by atoms with van der Waals surface area (Å²) in [5.74, 6) is 0.000790. The predicted molar refractivity (Wildman–Crippen MR) is 60.3 cm³/mol. The van der Waals surface area contributed by atoms with Crippen molar-refractivity contribution in [3.8, 4) is 5.75 Å². The van der Waals surface area contributed by atoms with Gasteiger partial charge in [-0.2, -0.15) is 0 Å². The Labute approximate surface area is 101 Å². The van der Waals surface area contributed by atoms with E-state index in [2.05, 4.69) is 15.9 Å². The first-order valence-electron chi connectivity index (χ1n) is 4.72. The van der Waals surface area contributed by atoms with Crippen molar-refractivity contribution in [1.82, 2.24) is 0 Å². The molecule has 0 aliphatic carbocycles. The molecule has 0 N–H and O–H groups in total. The maximum absolute atomic E-state index is 12.7. The smallest absolute Gasteiger partial charge is 0.265 e. The summed E-state index contributed by atoms with van der Waals surface area (Å²) >= 11 is 3.05. The normalized spacial score (nSPS) is 10.6. The second-order valence-corrected chi connectivity index (χ2v) is 3.96. The Morgan fingerprint density at radius 2 is 2.12 bits per heavy atom. The Hall–Kier alpha value is -0.970. The van der Waals surface area contributed by atoms with Crippen LogP contribution in [-0.2, 0) is 0 Å². The van der Waals surface area contributed by atoms with Crippen LogP contribution in [0.1, 0.15) is 36.2 Å². The monoisotopic (exact) mass is 292 g/mol. The van der Waals surface area contributed by atoms with Crippen LogP contribution in [0.15, 0.2) is 16.6 Å². The van der Waals surface area contributed by atoms with Crippen LogP contribution in [0.25, 0.3) is 0 Å². The van der Waals surface area contributed by atoms with Crippen molar-refractivity contribution in [2.24, 2.45) is 0 Å². The van der Waals surface area contributed by atoms with Crippen molar-refractivity contribution in [1.29, 1.82) is 0 Å². The lowest BCUT2D eigenvalue weighted by atomic mass is 10.1. The molecule has 88 valence electrons. The minimum Gasteiger partial charge on any atom is -0.493 e. The third-order valence-corrected chi connectivity index (χ3v) is 2.86. The van der Waals surface area contributed by atoms with Gasteiger partial charge in [0.1, 0.15) is 5.75 Å². The first kappa shape index (κ1) is 13.1. The molecule has 5 heteroatoms. The highest BCUT2D eigenvalue weighted by molar-refractivity contribution is 9.10. The third-order valence-electron chi connectivity index (χ3n) is 2.01. The van der Waals surface area contributed by atoms with E-state index in [1.165, 1.54) is 19.1 Å². The Morgan fingerprint density at radius 1 is 1.50 bits per heavy atom. The van der Waals surface area contributed by atoms with Crippen molar-refractivity contribution in [3.63, 3.8) is 0 Å². The van der Waals surface area contributed by atoms with E-state index in [0.29, 0.717) is 6.61 Å². The second-order valence-electron chi connectivity index (χ2n) is 3.17. The average Bonchev–Trinajstić information content (AvgIpc) is 2.20. The average molecular weight is 293 g/mol. The van der Waals surface area contributed by atoms with E-state index in [4.69, 9.17) is 4.74 Å². The fraction of sp³-hybridized carbons (Fsp3) is 0.364. The number of hydrogen-bond acceptors (Lipinski definition) is 2. The molecule has 1 rings (SSSR count). The molecule has 2 nitrogen and oxygen atoms in total. The molecular weight excluding hydrogens is 282 g/mol. The summed E-state index contributed by atoms with van der Waals surface area (Å²) in [4.78, 5) is 11.2. The molecule has 16 heavy (non-hydrogen) atoms. The zero-order valence-electron chi connectivity index (χ0n) is 8.89. The van der Waals surface area contributed by atoms with Crippen molar-refractivity contribution >= 4 is 21.7 Å². The largest absolute Gasteiger partial charge is 0.493 e. The molecular formula is C11H11BrF2O2. The number of rotatable bonds is 4. The number of Topliss-reactive ketones (excluding diaryl/α,β-unsaturated/α-hetero) is 1. The maximum atomic E-state index is 12.7. The molecule has 1 aromatic carbocycles. The van der Waals surface area contributed by atoms with Crippen LogP contribution in [0.4, 0.5) is 8.78 Å². The van der Waals surface area contributed by atoms with Crippen LogP contribution in [0.2, 0.25) is 0 Å². The van der Waals surface area contributed by atoms with Gasteiger partial charge in [0.05, 0.1) is 11.1 Å². The van der Waals surface area contributed by atoms with Gasteiger partial charge >= 0.3 is 0 Å². The molecule has 0 radical (unpaired) electrons. The molecule has 0 aromatic heterocycles. The fourth-order valence-corrected chi connectivity index (χ4v) is 1.76. The van der Waals surface area contributed by atoms with E-state index >= 15 is 0 Å². The van der Waals surface area contributed by atoms with E-state index in [1.807, 2.05) is 0 Å². The first-order chi connectivity index (χ1) is 7.47. The fourth-order valence-electron chi connectivity index (χ4n) is 1.24. The van der Waals surface area contributed by atoms with Gasteiger partial charge < -0.3 is 4.74 Å². The highest BCUT2D eigenvalue weighted by Gasteiger charge is 2.18. The number of carbonyl (C=O) groups is 1. The highest BCUT2D eigenvalue weighted by atomic mass is 79.9. The summed E-state index contributed by atoms with van der Waals surface area (Å²) in [6.45, 7) is 3.42. The third kappa shape index (κ3) is 2.78. The van der Waals surface area contributed by atoms with Crippen LogP contribution in [0.5, 0.6) is 5.75 Å². The number of ether oxygens (including phenoxy) is 1. The van der Waals surface area contributed by atoms with E-state index in [0.717, 1.165) is 0 Å². The van der Waals surface area contributed by atoms with Crippen molar-refractivity contribution in [3.05, 3.63) is 27.7 Å². The van der Waals surface area contributed by atoms with Gasteiger partial charge in [0, 0.05) is 11.1 Å². The molecule has 0 bridgehead atoms. The molecule has 0 atom stereocenters. The van der Waals surface area contributed by atoms with Gasteiger partial charge in [-0.1, -0.05) is 0 Å². The van der Waals surface area contributed by atoms with Gasteiger partial charge in [-0.3, -0.25) is 4.79 Å². The van der Waals surface area contributed by atoms with E-state index in [1.54, 1.807) is 6.92 Å². The van der Waals surface area contributed by atoms with E-state index in [-0.39, 0.29) is 27.1 Å². The second kappa shape index (κ2) is 5.39. The molecule has 0 amide bonds. The van der Waals surface area contributed by atoms with Crippen molar-refractivity contribution < 1.29 is 18.3 Å². The van der Waals surface area contributed by atoms with Gasteiger partial charge in [0.2, 0.25) is 0 Å². The Kier molecular flexibility index (Phi) is 4.41. The van der Waals surface area contributed by atoms with Gasteiger partial charge in [-0.15, -0.1) is 0 Å². The number of halogens is 3. The number of alkyl halides is 2. The van der Waals surface area contributed by atoms with E-state index < -0.39 is 6.43 Å².